The summed E-state index contributed by atoms with van der Waals surface area (Å²) in [5.74, 6) is -0.288. The maximum atomic E-state index is 11.9. The lowest BCUT2D eigenvalue weighted by atomic mass is 10.2. The fraction of sp³-hybridized carbons (Fsp3) is 0.0909. The number of rotatable bonds is 2. The van der Waals surface area contributed by atoms with Crippen LogP contribution in [-0.4, -0.2) is 10.9 Å². The molecule has 4 nitrogen and oxygen atoms in total. The van der Waals surface area contributed by atoms with E-state index in [1.165, 1.54) is 11.3 Å². The van der Waals surface area contributed by atoms with Gasteiger partial charge in [0.15, 0.2) is 5.13 Å². The minimum absolute atomic E-state index is 0.288. The van der Waals surface area contributed by atoms with Crippen molar-refractivity contribution in [2.75, 3.05) is 11.1 Å². The van der Waals surface area contributed by atoms with Crippen molar-refractivity contribution in [1.82, 2.24) is 4.98 Å². The van der Waals surface area contributed by atoms with E-state index in [0.717, 1.165) is 0 Å². The average molecular weight is 268 g/mol. The number of nitrogens with one attached hydrogen (secondary N) is 1. The van der Waals surface area contributed by atoms with Gasteiger partial charge in [0.1, 0.15) is 5.00 Å². The fourth-order valence-corrected chi connectivity index (χ4v) is 2.22. The molecule has 3 N–H and O–H groups in total. The largest absolute Gasteiger partial charge is 0.389 e. The second-order valence-electron chi connectivity index (χ2n) is 3.40. The molecule has 6 heteroatoms. The molecule has 0 spiro atoms. The van der Waals surface area contributed by atoms with E-state index in [1.807, 2.05) is 0 Å². The molecule has 0 aliphatic rings. The average Bonchev–Trinajstić information content (AvgIpc) is 2.58. The highest BCUT2D eigenvalue weighted by Gasteiger charge is 2.12. The third kappa shape index (κ3) is 2.57. The molecule has 1 aromatic heterocycles. The summed E-state index contributed by atoms with van der Waals surface area (Å²) in [6.45, 7) is 1.79. The lowest BCUT2D eigenvalue weighted by Crippen LogP contribution is -2.12. The molecule has 17 heavy (non-hydrogen) atoms. The Morgan fingerprint density at radius 1 is 1.47 bits per heavy atom. The predicted octanol–water partition coefficient (Wildman–Crippen LogP) is 2.94. The topological polar surface area (TPSA) is 68.0 Å². The highest BCUT2D eigenvalue weighted by molar-refractivity contribution is 7.19. The molecule has 0 saturated carbocycles. The summed E-state index contributed by atoms with van der Waals surface area (Å²) in [7, 11) is 0. The van der Waals surface area contributed by atoms with Crippen LogP contribution in [0.2, 0.25) is 5.02 Å². The van der Waals surface area contributed by atoms with Crippen molar-refractivity contribution in [3.63, 3.8) is 0 Å². The number of benzene rings is 1. The van der Waals surface area contributed by atoms with Crippen LogP contribution in [-0.2, 0) is 0 Å². The Hall–Kier alpha value is -1.59. The van der Waals surface area contributed by atoms with Gasteiger partial charge in [-0.2, -0.15) is 0 Å². The quantitative estimate of drug-likeness (QED) is 0.879. The predicted molar refractivity (Wildman–Crippen MR) is 70.7 cm³/mol. The summed E-state index contributed by atoms with van der Waals surface area (Å²) in [6.07, 6.45) is 0. The Morgan fingerprint density at radius 2 is 2.18 bits per heavy atom. The number of nitrogen functional groups attached to an aromatic ring is 1. The lowest BCUT2D eigenvalue weighted by molar-refractivity contribution is 0.102. The van der Waals surface area contributed by atoms with Gasteiger partial charge in [-0.3, -0.25) is 10.1 Å². The molecule has 1 amide bonds. The van der Waals surface area contributed by atoms with Gasteiger partial charge in [0, 0.05) is 0 Å². The Bertz CT molecular complexity index is 548. The molecule has 0 fully saturated rings. The van der Waals surface area contributed by atoms with Gasteiger partial charge in [0.2, 0.25) is 0 Å². The highest BCUT2D eigenvalue weighted by atomic mass is 35.5. The van der Waals surface area contributed by atoms with Gasteiger partial charge in [0.05, 0.1) is 16.3 Å². The number of hydrogen-bond acceptors (Lipinski definition) is 4. The number of nitrogens with two attached hydrogens (primary N) is 1. The van der Waals surface area contributed by atoms with Crippen LogP contribution in [0.5, 0.6) is 0 Å². The molecule has 0 radical (unpaired) electrons. The SMILES string of the molecule is Cc1nc(NC(=O)c2ccccc2Cl)sc1N. The zero-order chi connectivity index (χ0) is 12.4. The molecular weight excluding hydrogens is 258 g/mol. The maximum absolute atomic E-state index is 11.9. The second kappa shape index (κ2) is 4.73. The number of carbonyl (C=O) groups excluding carboxylic acids is 1. The second-order valence-corrected chi connectivity index (χ2v) is 4.84. The van der Waals surface area contributed by atoms with E-state index >= 15 is 0 Å². The van der Waals surface area contributed by atoms with Crippen molar-refractivity contribution in [3.05, 3.63) is 40.5 Å². The van der Waals surface area contributed by atoms with Crippen LogP contribution in [0.25, 0.3) is 0 Å². The summed E-state index contributed by atoms with van der Waals surface area (Å²) in [6, 6.07) is 6.84. The molecule has 1 aromatic carbocycles. The normalized spacial score (nSPS) is 10.2. The van der Waals surface area contributed by atoms with Crippen LogP contribution < -0.4 is 11.1 Å². The smallest absolute Gasteiger partial charge is 0.258 e. The summed E-state index contributed by atoms with van der Waals surface area (Å²) in [5, 5.41) is 4.15. The first kappa shape index (κ1) is 11.9. The zero-order valence-corrected chi connectivity index (χ0v) is 10.6. The fourth-order valence-electron chi connectivity index (χ4n) is 1.27. The van der Waals surface area contributed by atoms with Gasteiger partial charge in [-0.05, 0) is 19.1 Å². The van der Waals surface area contributed by atoms with Crippen LogP contribution in [0, 0.1) is 6.92 Å². The number of carbonyl (C=O) groups is 1. The molecule has 88 valence electrons. The van der Waals surface area contributed by atoms with Crippen molar-refractivity contribution in [1.29, 1.82) is 0 Å². The molecule has 0 atom stereocenters. The first-order valence-corrected chi connectivity index (χ1v) is 6.06. The highest BCUT2D eigenvalue weighted by Crippen LogP contribution is 2.25. The Morgan fingerprint density at radius 3 is 2.76 bits per heavy atom. The maximum Gasteiger partial charge on any atom is 0.258 e. The van der Waals surface area contributed by atoms with Gasteiger partial charge in [0.25, 0.3) is 5.91 Å². The number of hydrogen-bond donors (Lipinski definition) is 2. The van der Waals surface area contributed by atoms with Crippen LogP contribution >= 0.6 is 22.9 Å². The van der Waals surface area contributed by atoms with Gasteiger partial charge < -0.3 is 5.73 Å². The van der Waals surface area contributed by atoms with E-state index < -0.39 is 0 Å². The zero-order valence-electron chi connectivity index (χ0n) is 9.03. The first-order chi connectivity index (χ1) is 8.08. The summed E-state index contributed by atoms with van der Waals surface area (Å²) in [4.78, 5) is 16.0. The monoisotopic (exact) mass is 267 g/mol. The standard InChI is InChI=1S/C11H10ClN3OS/c1-6-9(13)17-11(14-6)15-10(16)7-4-2-3-5-8(7)12/h2-5H,13H2,1H3,(H,14,15,16). The van der Waals surface area contributed by atoms with Gasteiger partial charge >= 0.3 is 0 Å². The molecule has 0 aliphatic carbocycles. The Labute approximate surface area is 107 Å². The number of nitrogens with zero attached hydrogens (tertiary/aromatic N) is 1. The first-order valence-electron chi connectivity index (χ1n) is 4.86. The van der Waals surface area contributed by atoms with Crippen LogP contribution in [0.4, 0.5) is 10.1 Å². The molecular formula is C11H10ClN3OS. The Balaban J connectivity index is 2.20. The third-order valence-corrected chi connectivity index (χ3v) is 3.40. The van der Waals surface area contributed by atoms with Crippen molar-refractivity contribution < 1.29 is 4.79 Å². The van der Waals surface area contributed by atoms with Crippen molar-refractivity contribution >= 4 is 39.0 Å². The molecule has 0 bridgehead atoms. The van der Waals surface area contributed by atoms with Gasteiger partial charge in [-0.15, -0.1) is 0 Å². The van der Waals surface area contributed by atoms with Crippen molar-refractivity contribution in [3.8, 4) is 0 Å². The molecule has 2 rings (SSSR count). The van der Waals surface area contributed by atoms with E-state index in [1.54, 1.807) is 31.2 Å². The van der Waals surface area contributed by atoms with E-state index in [9.17, 15) is 4.79 Å². The molecule has 0 saturated heterocycles. The molecule has 1 heterocycles. The van der Waals surface area contributed by atoms with E-state index in [-0.39, 0.29) is 5.91 Å². The summed E-state index contributed by atoms with van der Waals surface area (Å²) in [5.41, 5.74) is 6.79. The van der Waals surface area contributed by atoms with Crippen molar-refractivity contribution in [2.24, 2.45) is 0 Å². The number of halogens is 1. The van der Waals surface area contributed by atoms with Gasteiger partial charge in [-0.1, -0.05) is 35.1 Å². The van der Waals surface area contributed by atoms with Crippen molar-refractivity contribution in [2.45, 2.75) is 6.92 Å². The van der Waals surface area contributed by atoms with E-state index in [2.05, 4.69) is 10.3 Å². The lowest BCUT2D eigenvalue weighted by Gasteiger charge is -2.02. The van der Waals surface area contributed by atoms with Crippen LogP contribution in [0.3, 0.4) is 0 Å². The summed E-state index contributed by atoms with van der Waals surface area (Å²) >= 11 is 7.15. The molecule has 0 aliphatic heterocycles. The minimum Gasteiger partial charge on any atom is -0.389 e. The van der Waals surface area contributed by atoms with E-state index in [0.29, 0.717) is 26.4 Å². The number of aromatic nitrogens is 1. The van der Waals surface area contributed by atoms with Crippen LogP contribution in [0.15, 0.2) is 24.3 Å². The van der Waals surface area contributed by atoms with Crippen LogP contribution in [0.1, 0.15) is 16.1 Å². The number of thiazole rings is 1. The van der Waals surface area contributed by atoms with E-state index in [4.69, 9.17) is 17.3 Å². The molecule has 2 aromatic rings. The minimum atomic E-state index is -0.288. The number of aryl methyl sites for hydroxylation is 1. The Kier molecular flexibility index (Phi) is 3.31. The number of amides is 1. The number of anilines is 2. The molecule has 0 unspecified atom stereocenters. The third-order valence-electron chi connectivity index (χ3n) is 2.17. The van der Waals surface area contributed by atoms with Gasteiger partial charge in [-0.25, -0.2) is 4.98 Å². The summed E-state index contributed by atoms with van der Waals surface area (Å²) < 4.78 is 0.